The highest BCUT2D eigenvalue weighted by Crippen LogP contribution is 2.30. The molecule has 3 atom stereocenters. The summed E-state index contributed by atoms with van der Waals surface area (Å²) in [6.07, 6.45) is 12.0. The minimum absolute atomic E-state index is 0.311. The van der Waals surface area contributed by atoms with Gasteiger partial charge < -0.3 is 0 Å². The van der Waals surface area contributed by atoms with Crippen LogP contribution < -0.4 is 0 Å². The Labute approximate surface area is 159 Å². The molecular weight excluding hydrogens is 304 g/mol. The number of ketones is 1. The van der Waals surface area contributed by atoms with Crippen LogP contribution in [0.5, 0.6) is 0 Å². The Kier molecular flexibility index (Phi) is 12.8. The van der Waals surface area contributed by atoms with Crippen LogP contribution in [0.25, 0.3) is 0 Å². The Morgan fingerprint density at radius 2 is 1.40 bits per heavy atom. The maximum atomic E-state index is 12.7. The molecule has 0 aromatic rings. The van der Waals surface area contributed by atoms with Crippen LogP contribution in [0, 0.1) is 29.1 Å². The Hall–Kier alpha value is -0.330. The van der Waals surface area contributed by atoms with Crippen molar-refractivity contribution in [2.75, 3.05) is 0 Å². The van der Waals surface area contributed by atoms with Crippen molar-refractivity contribution in [3.8, 4) is 0 Å². The molecule has 0 heterocycles. The summed E-state index contributed by atoms with van der Waals surface area (Å²) in [5.41, 5.74) is 0.395. The van der Waals surface area contributed by atoms with E-state index in [0.717, 1.165) is 31.1 Å². The molecular formula is C24H48O. The zero-order chi connectivity index (χ0) is 19.5. The first-order valence-electron chi connectivity index (χ1n) is 11.1. The second-order valence-electron chi connectivity index (χ2n) is 10.4. The third-order valence-electron chi connectivity index (χ3n) is 5.31. The van der Waals surface area contributed by atoms with Crippen molar-refractivity contribution in [2.45, 2.75) is 120 Å². The molecule has 0 amide bonds. The summed E-state index contributed by atoms with van der Waals surface area (Å²) in [6.45, 7) is 18.3. The molecule has 0 spiro atoms. The van der Waals surface area contributed by atoms with Gasteiger partial charge >= 0.3 is 0 Å². The fourth-order valence-corrected chi connectivity index (χ4v) is 4.19. The maximum absolute atomic E-state index is 12.7. The van der Waals surface area contributed by atoms with Gasteiger partial charge in [0.1, 0.15) is 5.78 Å². The molecule has 1 heteroatoms. The molecule has 0 fully saturated rings. The molecule has 150 valence electrons. The normalized spacial score (nSPS) is 16.0. The number of rotatable bonds is 14. The van der Waals surface area contributed by atoms with Crippen LogP contribution >= 0.6 is 0 Å². The predicted molar refractivity (Wildman–Crippen MR) is 113 cm³/mol. The fourth-order valence-electron chi connectivity index (χ4n) is 4.19. The van der Waals surface area contributed by atoms with E-state index in [2.05, 4.69) is 55.4 Å². The largest absolute Gasteiger partial charge is 0.299 e. The number of hydrogen-bond acceptors (Lipinski definition) is 1. The summed E-state index contributed by atoms with van der Waals surface area (Å²) in [6, 6.07) is 0. The van der Waals surface area contributed by atoms with E-state index in [1.165, 1.54) is 44.9 Å². The van der Waals surface area contributed by atoms with E-state index < -0.39 is 0 Å². The summed E-state index contributed by atoms with van der Waals surface area (Å²) in [7, 11) is 0. The average Bonchev–Trinajstić information content (AvgIpc) is 2.43. The minimum Gasteiger partial charge on any atom is -0.299 e. The van der Waals surface area contributed by atoms with Gasteiger partial charge in [-0.25, -0.2) is 0 Å². The molecule has 0 N–H and O–H groups in total. The molecule has 0 saturated heterocycles. The Morgan fingerprint density at radius 1 is 0.800 bits per heavy atom. The zero-order valence-electron chi connectivity index (χ0n) is 18.8. The smallest absolute Gasteiger partial charge is 0.136 e. The van der Waals surface area contributed by atoms with Crippen LogP contribution in [0.15, 0.2) is 0 Å². The van der Waals surface area contributed by atoms with Gasteiger partial charge in [-0.3, -0.25) is 4.79 Å². The molecule has 25 heavy (non-hydrogen) atoms. The van der Waals surface area contributed by atoms with Gasteiger partial charge in [-0.1, -0.05) is 93.9 Å². The van der Waals surface area contributed by atoms with Crippen LogP contribution in [0.4, 0.5) is 0 Å². The van der Waals surface area contributed by atoms with E-state index >= 15 is 0 Å². The van der Waals surface area contributed by atoms with E-state index in [4.69, 9.17) is 0 Å². The molecule has 0 rings (SSSR count). The summed E-state index contributed by atoms with van der Waals surface area (Å²) in [5.74, 6) is 2.90. The topological polar surface area (TPSA) is 17.1 Å². The summed E-state index contributed by atoms with van der Waals surface area (Å²) in [4.78, 5) is 12.7. The third-order valence-corrected chi connectivity index (χ3v) is 5.31. The molecule has 0 aliphatic carbocycles. The standard InChI is InChI=1S/C24H48O/c1-9-12-20(4)13-10-11-14-22(23(25)17-19(2)3)16-15-21(5)18-24(6,7)8/h19-22H,9-18H2,1-8H3. The molecule has 0 aliphatic heterocycles. The SMILES string of the molecule is CCCC(C)CCCCC(CCC(C)CC(C)(C)C)C(=O)CC(C)C. The van der Waals surface area contributed by atoms with E-state index in [1.54, 1.807) is 0 Å². The van der Waals surface area contributed by atoms with Crippen LogP contribution in [0.3, 0.4) is 0 Å². The molecule has 0 aromatic heterocycles. The van der Waals surface area contributed by atoms with Gasteiger partial charge in [-0.15, -0.1) is 0 Å². The minimum atomic E-state index is 0.311. The van der Waals surface area contributed by atoms with Crippen LogP contribution in [0.2, 0.25) is 0 Å². The van der Waals surface area contributed by atoms with Crippen LogP contribution in [-0.4, -0.2) is 5.78 Å². The van der Waals surface area contributed by atoms with Crippen LogP contribution in [0.1, 0.15) is 120 Å². The fraction of sp³-hybridized carbons (Fsp3) is 0.958. The number of unbranched alkanes of at least 4 members (excludes halogenated alkanes) is 1. The Bertz CT molecular complexity index is 336. The predicted octanol–water partition coefficient (Wildman–Crippen LogP) is 8.07. The van der Waals surface area contributed by atoms with Crippen molar-refractivity contribution in [1.82, 2.24) is 0 Å². The lowest BCUT2D eigenvalue weighted by Crippen LogP contribution is -2.19. The van der Waals surface area contributed by atoms with Gasteiger partial charge in [0.2, 0.25) is 0 Å². The van der Waals surface area contributed by atoms with E-state index in [9.17, 15) is 4.79 Å². The monoisotopic (exact) mass is 352 g/mol. The molecule has 0 aliphatic rings. The quantitative estimate of drug-likeness (QED) is 0.289. The first-order chi connectivity index (χ1) is 11.5. The Morgan fingerprint density at radius 3 is 1.92 bits per heavy atom. The second kappa shape index (κ2) is 12.9. The Balaban J connectivity index is 4.39. The van der Waals surface area contributed by atoms with Crippen LogP contribution in [-0.2, 0) is 4.79 Å². The highest BCUT2D eigenvalue weighted by molar-refractivity contribution is 5.81. The lowest BCUT2D eigenvalue weighted by atomic mass is 9.80. The molecule has 0 bridgehead atoms. The number of carbonyl (C=O) groups excluding carboxylic acids is 1. The molecule has 0 saturated carbocycles. The molecule has 1 nitrogen and oxygen atoms in total. The number of carbonyl (C=O) groups is 1. The highest BCUT2D eigenvalue weighted by Gasteiger charge is 2.21. The maximum Gasteiger partial charge on any atom is 0.136 e. The zero-order valence-corrected chi connectivity index (χ0v) is 18.8. The second-order valence-corrected chi connectivity index (χ2v) is 10.4. The van der Waals surface area contributed by atoms with Gasteiger partial charge in [0.25, 0.3) is 0 Å². The van der Waals surface area contributed by atoms with E-state index in [1.807, 2.05) is 0 Å². The molecule has 0 radical (unpaired) electrons. The summed E-state index contributed by atoms with van der Waals surface area (Å²) >= 11 is 0. The third kappa shape index (κ3) is 14.5. The number of hydrogen-bond donors (Lipinski definition) is 0. The summed E-state index contributed by atoms with van der Waals surface area (Å²) in [5, 5.41) is 0. The molecule has 0 aromatic carbocycles. The lowest BCUT2D eigenvalue weighted by Gasteiger charge is -2.25. The van der Waals surface area contributed by atoms with Gasteiger partial charge in [-0.05, 0) is 42.4 Å². The van der Waals surface area contributed by atoms with E-state index in [0.29, 0.717) is 23.0 Å². The van der Waals surface area contributed by atoms with Crippen molar-refractivity contribution < 1.29 is 4.79 Å². The van der Waals surface area contributed by atoms with Crippen molar-refractivity contribution >= 4 is 5.78 Å². The van der Waals surface area contributed by atoms with Crippen molar-refractivity contribution in [2.24, 2.45) is 29.1 Å². The molecule has 3 unspecified atom stereocenters. The first kappa shape index (κ1) is 24.7. The van der Waals surface area contributed by atoms with Crippen molar-refractivity contribution in [1.29, 1.82) is 0 Å². The van der Waals surface area contributed by atoms with Crippen molar-refractivity contribution in [3.63, 3.8) is 0 Å². The summed E-state index contributed by atoms with van der Waals surface area (Å²) < 4.78 is 0. The van der Waals surface area contributed by atoms with E-state index in [-0.39, 0.29) is 0 Å². The van der Waals surface area contributed by atoms with Gasteiger partial charge in [-0.2, -0.15) is 0 Å². The van der Waals surface area contributed by atoms with Gasteiger partial charge in [0, 0.05) is 12.3 Å². The van der Waals surface area contributed by atoms with Gasteiger partial charge in [0.15, 0.2) is 0 Å². The lowest BCUT2D eigenvalue weighted by molar-refractivity contribution is -0.124. The highest BCUT2D eigenvalue weighted by atomic mass is 16.1. The first-order valence-corrected chi connectivity index (χ1v) is 11.1. The van der Waals surface area contributed by atoms with Gasteiger partial charge in [0.05, 0.1) is 0 Å². The number of Topliss-reactive ketones (excluding diaryl/α,β-unsaturated/α-hetero) is 1. The average molecular weight is 353 g/mol. The van der Waals surface area contributed by atoms with Crippen molar-refractivity contribution in [3.05, 3.63) is 0 Å².